The summed E-state index contributed by atoms with van der Waals surface area (Å²) in [6, 6.07) is 3.85. The van der Waals surface area contributed by atoms with Crippen LogP contribution in [0.2, 0.25) is 0 Å². The van der Waals surface area contributed by atoms with Crippen LogP contribution in [0.1, 0.15) is 18.6 Å². The minimum Gasteiger partial charge on any atom is -0.483 e. The minimum atomic E-state index is -0.926. The van der Waals surface area contributed by atoms with Crippen molar-refractivity contribution in [2.75, 3.05) is 13.7 Å². The lowest BCUT2D eigenvalue weighted by molar-refractivity contribution is -0.385. The lowest BCUT2D eigenvalue weighted by Gasteiger charge is -2.12. The first-order valence-electron chi connectivity index (χ1n) is 5.25. The van der Waals surface area contributed by atoms with Crippen LogP contribution in [-0.4, -0.2) is 29.6 Å². The van der Waals surface area contributed by atoms with Crippen molar-refractivity contribution < 1.29 is 19.6 Å². The number of nitrogens with zero attached hydrogens (tertiary/aromatic N) is 1. The fourth-order valence-electron chi connectivity index (χ4n) is 1.32. The summed E-state index contributed by atoms with van der Waals surface area (Å²) >= 11 is 0. The average Bonchev–Trinajstić information content (AvgIpc) is 2.35. The molecule has 0 heterocycles. The maximum atomic E-state index is 11.0. The van der Waals surface area contributed by atoms with Crippen molar-refractivity contribution in [3.05, 3.63) is 33.9 Å². The number of carbonyl (C=O) groups excluding carboxylic acids is 1. The topological polar surface area (TPSA) is 102 Å². The van der Waals surface area contributed by atoms with Gasteiger partial charge in [0.2, 0.25) is 0 Å². The molecule has 0 aliphatic heterocycles. The van der Waals surface area contributed by atoms with E-state index in [-0.39, 0.29) is 29.5 Å². The van der Waals surface area contributed by atoms with Gasteiger partial charge in [0.05, 0.1) is 11.0 Å². The first-order valence-corrected chi connectivity index (χ1v) is 5.25. The molecule has 0 unspecified atom stereocenters. The van der Waals surface area contributed by atoms with E-state index in [0.29, 0.717) is 0 Å². The number of nitrogens with one attached hydrogen (secondary N) is 1. The minimum absolute atomic E-state index is 0.141. The van der Waals surface area contributed by atoms with E-state index in [1.165, 1.54) is 32.2 Å². The predicted octanol–water partition coefficient (Wildman–Crippen LogP) is 0.773. The number of nitro benzene ring substituents is 1. The number of carbonyl (C=O) groups is 1. The molecule has 0 bridgehead atoms. The average molecular weight is 254 g/mol. The van der Waals surface area contributed by atoms with E-state index in [0.717, 1.165) is 0 Å². The Balaban J connectivity index is 2.97. The fraction of sp³-hybridized carbons (Fsp3) is 0.364. The molecule has 1 atom stereocenters. The van der Waals surface area contributed by atoms with E-state index in [1.807, 2.05) is 0 Å². The van der Waals surface area contributed by atoms with Gasteiger partial charge in [0.15, 0.2) is 6.61 Å². The highest BCUT2D eigenvalue weighted by Gasteiger charge is 2.15. The quantitative estimate of drug-likeness (QED) is 0.597. The van der Waals surface area contributed by atoms with Gasteiger partial charge in [0.25, 0.3) is 11.6 Å². The van der Waals surface area contributed by atoms with Crippen LogP contribution in [0.3, 0.4) is 0 Å². The van der Waals surface area contributed by atoms with E-state index in [1.54, 1.807) is 0 Å². The SMILES string of the molecule is CNC(=O)COc1ccc([N+](=O)[O-])cc1[C@@H](C)O. The summed E-state index contributed by atoms with van der Waals surface area (Å²) in [4.78, 5) is 21.1. The third-order valence-electron chi connectivity index (χ3n) is 2.29. The normalized spacial score (nSPS) is 11.7. The lowest BCUT2D eigenvalue weighted by atomic mass is 10.1. The Bertz CT molecular complexity index is 459. The number of likely N-dealkylation sites (N-methyl/N-ethyl adjacent to an activating group) is 1. The standard InChI is InChI=1S/C11H14N2O5/c1-7(14)9-5-8(13(16)17)3-4-10(9)18-6-11(15)12-2/h3-5,7,14H,6H2,1-2H3,(H,12,15)/t7-/m1/s1. The number of hydrogen-bond donors (Lipinski definition) is 2. The van der Waals surface area contributed by atoms with Gasteiger partial charge in [-0.3, -0.25) is 14.9 Å². The third kappa shape index (κ3) is 3.42. The number of ether oxygens (including phenoxy) is 1. The van der Waals surface area contributed by atoms with Crippen molar-refractivity contribution in [1.29, 1.82) is 0 Å². The van der Waals surface area contributed by atoms with Gasteiger partial charge in [0.1, 0.15) is 5.75 Å². The summed E-state index contributed by atoms with van der Waals surface area (Å²) < 4.78 is 5.19. The molecule has 0 spiro atoms. The molecule has 0 aliphatic carbocycles. The van der Waals surface area contributed by atoms with Gasteiger partial charge >= 0.3 is 0 Å². The van der Waals surface area contributed by atoms with E-state index in [9.17, 15) is 20.0 Å². The first kappa shape index (κ1) is 13.9. The fourth-order valence-corrected chi connectivity index (χ4v) is 1.32. The molecule has 0 aromatic heterocycles. The number of amides is 1. The first-order chi connectivity index (χ1) is 8.45. The van der Waals surface area contributed by atoms with Gasteiger partial charge in [-0.05, 0) is 13.0 Å². The third-order valence-corrected chi connectivity index (χ3v) is 2.29. The number of benzene rings is 1. The Labute approximate surface area is 104 Å². The van der Waals surface area contributed by atoms with Crippen molar-refractivity contribution in [3.8, 4) is 5.75 Å². The smallest absolute Gasteiger partial charge is 0.270 e. The molecule has 18 heavy (non-hydrogen) atoms. The Morgan fingerprint density at radius 1 is 1.61 bits per heavy atom. The zero-order valence-electron chi connectivity index (χ0n) is 10.0. The van der Waals surface area contributed by atoms with E-state index < -0.39 is 11.0 Å². The molecule has 0 radical (unpaired) electrons. The van der Waals surface area contributed by atoms with Gasteiger partial charge in [-0.25, -0.2) is 0 Å². The highest BCUT2D eigenvalue weighted by atomic mass is 16.6. The van der Waals surface area contributed by atoms with Crippen LogP contribution in [0.4, 0.5) is 5.69 Å². The molecule has 1 amide bonds. The highest BCUT2D eigenvalue weighted by molar-refractivity contribution is 5.77. The number of aliphatic hydroxyl groups is 1. The summed E-state index contributed by atoms with van der Waals surface area (Å²) in [7, 11) is 1.47. The van der Waals surface area contributed by atoms with Crippen LogP contribution in [-0.2, 0) is 4.79 Å². The molecule has 0 aliphatic rings. The molecule has 1 aromatic carbocycles. The van der Waals surface area contributed by atoms with Crippen molar-refractivity contribution in [2.24, 2.45) is 0 Å². The number of hydrogen-bond acceptors (Lipinski definition) is 5. The number of nitro groups is 1. The number of rotatable bonds is 5. The maximum Gasteiger partial charge on any atom is 0.270 e. The monoisotopic (exact) mass is 254 g/mol. The highest BCUT2D eigenvalue weighted by Crippen LogP contribution is 2.29. The van der Waals surface area contributed by atoms with Gasteiger partial charge in [0, 0.05) is 24.7 Å². The summed E-state index contributed by atoms with van der Waals surface area (Å²) in [5, 5.41) is 22.5. The van der Waals surface area contributed by atoms with Crippen molar-refractivity contribution in [2.45, 2.75) is 13.0 Å². The van der Waals surface area contributed by atoms with Crippen LogP contribution in [0, 0.1) is 10.1 Å². The molecular weight excluding hydrogens is 240 g/mol. The van der Waals surface area contributed by atoms with Gasteiger partial charge in [-0.1, -0.05) is 0 Å². The second-order valence-electron chi connectivity index (χ2n) is 3.62. The molecule has 0 saturated carbocycles. The maximum absolute atomic E-state index is 11.0. The Kier molecular flexibility index (Phi) is 4.61. The summed E-state index contributed by atoms with van der Waals surface area (Å²) in [5.74, 6) is -0.0795. The second-order valence-corrected chi connectivity index (χ2v) is 3.62. The van der Waals surface area contributed by atoms with E-state index in [4.69, 9.17) is 4.74 Å². The van der Waals surface area contributed by atoms with Gasteiger partial charge in [-0.2, -0.15) is 0 Å². The van der Waals surface area contributed by atoms with Crippen molar-refractivity contribution in [1.82, 2.24) is 5.32 Å². The molecule has 98 valence electrons. The molecule has 0 saturated heterocycles. The molecular formula is C11H14N2O5. The second kappa shape index (κ2) is 5.97. The van der Waals surface area contributed by atoms with Crippen LogP contribution in [0.15, 0.2) is 18.2 Å². The van der Waals surface area contributed by atoms with Crippen molar-refractivity contribution in [3.63, 3.8) is 0 Å². The summed E-state index contributed by atoms with van der Waals surface area (Å²) in [5.41, 5.74) is 0.131. The molecule has 1 aromatic rings. The molecule has 7 heteroatoms. The van der Waals surface area contributed by atoms with E-state index in [2.05, 4.69) is 5.32 Å². The zero-order chi connectivity index (χ0) is 13.7. The summed E-state index contributed by atoms with van der Waals surface area (Å²) in [6.07, 6.45) is -0.926. The largest absolute Gasteiger partial charge is 0.483 e. The summed E-state index contributed by atoms with van der Waals surface area (Å²) in [6.45, 7) is 1.25. The number of non-ortho nitro benzene ring substituents is 1. The molecule has 2 N–H and O–H groups in total. The molecule has 7 nitrogen and oxygen atoms in total. The van der Waals surface area contributed by atoms with Gasteiger partial charge in [-0.15, -0.1) is 0 Å². The zero-order valence-corrected chi connectivity index (χ0v) is 10.0. The van der Waals surface area contributed by atoms with Crippen molar-refractivity contribution >= 4 is 11.6 Å². The molecule has 0 fully saturated rings. The Hall–Kier alpha value is -2.15. The van der Waals surface area contributed by atoms with E-state index >= 15 is 0 Å². The Morgan fingerprint density at radius 2 is 2.28 bits per heavy atom. The number of aliphatic hydroxyl groups excluding tert-OH is 1. The predicted molar refractivity (Wildman–Crippen MR) is 63.3 cm³/mol. The van der Waals surface area contributed by atoms with Crippen LogP contribution >= 0.6 is 0 Å². The van der Waals surface area contributed by atoms with Crippen LogP contribution < -0.4 is 10.1 Å². The molecule has 1 rings (SSSR count). The van der Waals surface area contributed by atoms with Gasteiger partial charge < -0.3 is 15.2 Å². The Morgan fingerprint density at radius 3 is 2.78 bits per heavy atom. The van der Waals surface area contributed by atoms with Crippen LogP contribution in [0.25, 0.3) is 0 Å². The van der Waals surface area contributed by atoms with Crippen LogP contribution in [0.5, 0.6) is 5.75 Å². The lowest BCUT2D eigenvalue weighted by Crippen LogP contribution is -2.25.